The number of hydrogen-bond acceptors (Lipinski definition) is 3. The summed E-state index contributed by atoms with van der Waals surface area (Å²) in [5, 5.41) is 9.30. The van der Waals surface area contributed by atoms with Crippen molar-refractivity contribution in [3.05, 3.63) is 58.6 Å². The summed E-state index contributed by atoms with van der Waals surface area (Å²) in [5.74, 6) is 0.199. The first-order valence-corrected chi connectivity index (χ1v) is 7.16. The monoisotopic (exact) mass is 350 g/mol. The highest BCUT2D eigenvalue weighted by Gasteiger charge is 2.20. The fraction of sp³-hybridized carbons (Fsp3) is 0.188. The number of hydrogen-bond donors (Lipinski definition) is 1. The molecule has 2 rings (SSSR count). The zero-order valence-corrected chi connectivity index (χ0v) is 13.0. The normalized spacial score (nSPS) is 11.7. The number of carboxylic acids is 1. The van der Waals surface area contributed by atoms with E-state index in [4.69, 9.17) is 9.47 Å². The van der Waals surface area contributed by atoms with E-state index in [0.29, 0.717) is 17.9 Å². The summed E-state index contributed by atoms with van der Waals surface area (Å²) in [6, 6.07) is 14.4. The Balaban J connectivity index is 2.10. The second kappa shape index (κ2) is 7.13. The molecule has 0 radical (unpaired) electrons. The van der Waals surface area contributed by atoms with E-state index in [0.717, 1.165) is 10.0 Å². The molecule has 0 heterocycles. The van der Waals surface area contributed by atoms with Crippen LogP contribution in [0.3, 0.4) is 0 Å². The third kappa shape index (κ3) is 4.49. The Morgan fingerprint density at radius 2 is 1.86 bits per heavy atom. The summed E-state index contributed by atoms with van der Waals surface area (Å²) in [5.41, 5.74) is 0.894. The van der Waals surface area contributed by atoms with Gasteiger partial charge in [0.25, 0.3) is 0 Å². The third-order valence-electron chi connectivity index (χ3n) is 2.92. The van der Waals surface area contributed by atoms with Gasteiger partial charge in [0.15, 0.2) is 6.10 Å². The van der Waals surface area contributed by atoms with Crippen molar-refractivity contribution in [2.24, 2.45) is 0 Å². The molecule has 2 aromatic carbocycles. The van der Waals surface area contributed by atoms with Crippen LogP contribution in [0.1, 0.15) is 5.56 Å². The zero-order chi connectivity index (χ0) is 15.2. The van der Waals surface area contributed by atoms with Crippen molar-refractivity contribution in [3.8, 4) is 11.5 Å². The fourth-order valence-corrected chi connectivity index (χ4v) is 2.32. The molecule has 5 heteroatoms. The number of benzene rings is 2. The van der Waals surface area contributed by atoms with Crippen LogP contribution in [-0.2, 0) is 11.2 Å². The minimum atomic E-state index is -0.995. The van der Waals surface area contributed by atoms with Crippen molar-refractivity contribution in [1.82, 2.24) is 0 Å². The van der Waals surface area contributed by atoms with Crippen LogP contribution in [0.4, 0.5) is 0 Å². The Morgan fingerprint density at radius 3 is 2.43 bits per heavy atom. The largest absolute Gasteiger partial charge is 0.497 e. The molecule has 0 fully saturated rings. The van der Waals surface area contributed by atoms with Gasteiger partial charge in [0.1, 0.15) is 11.5 Å². The topological polar surface area (TPSA) is 55.8 Å². The summed E-state index contributed by atoms with van der Waals surface area (Å²) < 4.78 is 11.5. The predicted octanol–water partition coefficient (Wildman–Crippen LogP) is 3.53. The summed E-state index contributed by atoms with van der Waals surface area (Å²) in [7, 11) is 1.57. The summed E-state index contributed by atoms with van der Waals surface area (Å²) in [4.78, 5) is 11.4. The molecule has 4 nitrogen and oxygen atoms in total. The Kier molecular flexibility index (Phi) is 5.22. The lowest BCUT2D eigenvalue weighted by molar-refractivity contribution is -0.145. The van der Waals surface area contributed by atoms with Crippen molar-refractivity contribution in [3.63, 3.8) is 0 Å². The van der Waals surface area contributed by atoms with Crippen LogP contribution >= 0.6 is 15.9 Å². The Morgan fingerprint density at radius 1 is 1.19 bits per heavy atom. The predicted molar refractivity (Wildman–Crippen MR) is 82.9 cm³/mol. The molecule has 0 aliphatic carbocycles. The quantitative estimate of drug-likeness (QED) is 0.865. The van der Waals surface area contributed by atoms with Gasteiger partial charge in [0, 0.05) is 10.9 Å². The molecular formula is C16H15BrO4. The molecule has 0 aliphatic heterocycles. The van der Waals surface area contributed by atoms with Gasteiger partial charge in [-0.2, -0.15) is 0 Å². The van der Waals surface area contributed by atoms with Crippen LogP contribution in [0.2, 0.25) is 0 Å². The number of ether oxygens (including phenoxy) is 2. The van der Waals surface area contributed by atoms with Gasteiger partial charge < -0.3 is 14.6 Å². The number of carbonyl (C=O) groups is 1. The van der Waals surface area contributed by atoms with E-state index in [1.807, 2.05) is 24.3 Å². The number of halogens is 1. The smallest absolute Gasteiger partial charge is 0.345 e. The maximum absolute atomic E-state index is 11.4. The first-order chi connectivity index (χ1) is 10.1. The van der Waals surface area contributed by atoms with Crippen molar-refractivity contribution < 1.29 is 19.4 Å². The van der Waals surface area contributed by atoms with Gasteiger partial charge in [-0.25, -0.2) is 4.79 Å². The Bertz CT molecular complexity index is 610. The summed E-state index contributed by atoms with van der Waals surface area (Å²) >= 11 is 3.37. The SMILES string of the molecule is COc1ccc(OC(Cc2cccc(Br)c2)C(=O)O)cc1. The van der Waals surface area contributed by atoms with Gasteiger partial charge in [-0.05, 0) is 42.0 Å². The van der Waals surface area contributed by atoms with Gasteiger partial charge in [-0.3, -0.25) is 0 Å². The molecule has 1 unspecified atom stereocenters. The second-order valence-corrected chi connectivity index (χ2v) is 5.37. The standard InChI is InChI=1S/C16H15BrO4/c1-20-13-5-7-14(8-6-13)21-15(16(18)19)10-11-3-2-4-12(17)9-11/h2-9,15H,10H2,1H3,(H,18,19). The van der Waals surface area contributed by atoms with E-state index in [9.17, 15) is 9.90 Å². The van der Waals surface area contributed by atoms with E-state index in [2.05, 4.69) is 15.9 Å². The molecule has 0 amide bonds. The lowest BCUT2D eigenvalue weighted by Crippen LogP contribution is -2.29. The maximum atomic E-state index is 11.4. The van der Waals surface area contributed by atoms with E-state index >= 15 is 0 Å². The molecule has 1 atom stereocenters. The summed E-state index contributed by atoms with van der Waals surface area (Å²) in [6.07, 6.45) is -0.645. The van der Waals surface area contributed by atoms with Gasteiger partial charge in [0.05, 0.1) is 7.11 Å². The number of methoxy groups -OCH3 is 1. The minimum Gasteiger partial charge on any atom is -0.497 e. The molecular weight excluding hydrogens is 336 g/mol. The van der Waals surface area contributed by atoms with Gasteiger partial charge in [-0.1, -0.05) is 28.1 Å². The average Bonchev–Trinajstić information content (AvgIpc) is 2.47. The highest BCUT2D eigenvalue weighted by Crippen LogP contribution is 2.20. The fourth-order valence-electron chi connectivity index (χ4n) is 1.88. The lowest BCUT2D eigenvalue weighted by atomic mass is 10.1. The highest BCUT2D eigenvalue weighted by atomic mass is 79.9. The maximum Gasteiger partial charge on any atom is 0.345 e. The molecule has 0 bridgehead atoms. The molecule has 21 heavy (non-hydrogen) atoms. The minimum absolute atomic E-state index is 0.292. The molecule has 0 saturated heterocycles. The van der Waals surface area contributed by atoms with E-state index < -0.39 is 12.1 Å². The van der Waals surface area contributed by atoms with Crippen molar-refractivity contribution in [2.75, 3.05) is 7.11 Å². The first kappa shape index (κ1) is 15.4. The summed E-state index contributed by atoms with van der Waals surface area (Å²) in [6.45, 7) is 0. The molecule has 0 saturated carbocycles. The molecule has 0 aliphatic rings. The van der Waals surface area contributed by atoms with Crippen LogP contribution in [0.25, 0.3) is 0 Å². The van der Waals surface area contributed by atoms with Gasteiger partial charge >= 0.3 is 5.97 Å². The zero-order valence-electron chi connectivity index (χ0n) is 11.5. The Hall–Kier alpha value is -2.01. The second-order valence-electron chi connectivity index (χ2n) is 4.45. The van der Waals surface area contributed by atoms with Crippen molar-refractivity contribution in [2.45, 2.75) is 12.5 Å². The van der Waals surface area contributed by atoms with Crippen LogP contribution < -0.4 is 9.47 Å². The van der Waals surface area contributed by atoms with Crippen LogP contribution in [0.5, 0.6) is 11.5 Å². The average molecular weight is 351 g/mol. The van der Waals surface area contributed by atoms with Crippen LogP contribution in [0.15, 0.2) is 53.0 Å². The number of carboxylic acid groups (broad SMARTS) is 1. The Labute approximate surface area is 131 Å². The van der Waals surface area contributed by atoms with E-state index in [1.165, 1.54) is 0 Å². The first-order valence-electron chi connectivity index (χ1n) is 6.36. The molecule has 0 aromatic heterocycles. The number of rotatable bonds is 6. The van der Waals surface area contributed by atoms with Gasteiger partial charge in [0.2, 0.25) is 0 Å². The van der Waals surface area contributed by atoms with Crippen molar-refractivity contribution in [1.29, 1.82) is 0 Å². The van der Waals surface area contributed by atoms with Gasteiger partial charge in [-0.15, -0.1) is 0 Å². The number of aliphatic carboxylic acids is 1. The van der Waals surface area contributed by atoms with Crippen LogP contribution in [-0.4, -0.2) is 24.3 Å². The molecule has 2 aromatic rings. The van der Waals surface area contributed by atoms with E-state index in [-0.39, 0.29) is 0 Å². The lowest BCUT2D eigenvalue weighted by Gasteiger charge is -2.15. The van der Waals surface area contributed by atoms with Crippen molar-refractivity contribution >= 4 is 21.9 Å². The molecule has 1 N–H and O–H groups in total. The highest BCUT2D eigenvalue weighted by molar-refractivity contribution is 9.10. The van der Waals surface area contributed by atoms with Crippen LogP contribution in [0, 0.1) is 0 Å². The third-order valence-corrected chi connectivity index (χ3v) is 3.42. The molecule has 110 valence electrons. The molecule has 0 spiro atoms. The van der Waals surface area contributed by atoms with E-state index in [1.54, 1.807) is 31.4 Å².